The molecule has 1 heterocycles. The number of nitrogens with one attached hydrogen (secondary N) is 1. The molecule has 1 aromatic carbocycles. The smallest absolute Gasteiger partial charge is 0.0692 e. The predicted octanol–water partition coefficient (Wildman–Crippen LogP) is 1.11. The molecule has 0 unspecified atom stereocenters. The van der Waals surface area contributed by atoms with Gasteiger partial charge < -0.3 is 5.32 Å². The van der Waals surface area contributed by atoms with Crippen LogP contribution in [0.4, 0.5) is 0 Å². The number of benzene rings is 1. The minimum atomic E-state index is 0.870. The van der Waals surface area contributed by atoms with E-state index in [2.05, 4.69) is 39.9 Å². The average molecular weight is 216 g/mol. The van der Waals surface area contributed by atoms with Gasteiger partial charge in [-0.2, -0.15) is 0 Å². The third kappa shape index (κ3) is 3.47. The summed E-state index contributed by atoms with van der Waals surface area (Å²) in [6.45, 7) is 2.80. The van der Waals surface area contributed by atoms with Gasteiger partial charge in [-0.25, -0.2) is 0 Å². The molecule has 0 saturated carbocycles. The van der Waals surface area contributed by atoms with Gasteiger partial charge in [0.2, 0.25) is 0 Å². The van der Waals surface area contributed by atoms with Gasteiger partial charge in [0.15, 0.2) is 0 Å². The van der Waals surface area contributed by atoms with Crippen molar-refractivity contribution < 1.29 is 0 Å². The Morgan fingerprint density at radius 3 is 2.75 bits per heavy atom. The molecule has 0 fully saturated rings. The van der Waals surface area contributed by atoms with Crippen molar-refractivity contribution in [3.8, 4) is 0 Å². The van der Waals surface area contributed by atoms with Gasteiger partial charge in [0.1, 0.15) is 0 Å². The molecule has 1 N–H and O–H groups in total. The molecule has 0 amide bonds. The van der Waals surface area contributed by atoms with Crippen LogP contribution in [0.3, 0.4) is 0 Å². The molecule has 16 heavy (non-hydrogen) atoms. The summed E-state index contributed by atoms with van der Waals surface area (Å²) >= 11 is 0. The van der Waals surface area contributed by atoms with Gasteiger partial charge in [0, 0.05) is 12.7 Å². The lowest BCUT2D eigenvalue weighted by molar-refractivity contribution is 0.542. The molecule has 0 bridgehead atoms. The largest absolute Gasteiger partial charge is 0.315 e. The van der Waals surface area contributed by atoms with Gasteiger partial charge >= 0.3 is 0 Å². The van der Waals surface area contributed by atoms with E-state index in [1.807, 2.05) is 16.9 Å². The van der Waals surface area contributed by atoms with E-state index in [-0.39, 0.29) is 0 Å². The second kappa shape index (κ2) is 6.02. The van der Waals surface area contributed by atoms with E-state index in [0.29, 0.717) is 0 Å². The molecule has 1 aromatic heterocycles. The van der Waals surface area contributed by atoms with Crippen LogP contribution in [0, 0.1) is 0 Å². The van der Waals surface area contributed by atoms with Gasteiger partial charge in [0.05, 0.1) is 12.7 Å². The van der Waals surface area contributed by atoms with E-state index >= 15 is 0 Å². The molecule has 0 aliphatic heterocycles. The maximum Gasteiger partial charge on any atom is 0.0692 e. The van der Waals surface area contributed by atoms with Gasteiger partial charge in [-0.05, 0) is 18.5 Å². The summed E-state index contributed by atoms with van der Waals surface area (Å²) in [4.78, 5) is 0. The van der Waals surface area contributed by atoms with E-state index in [9.17, 15) is 0 Å². The molecule has 4 nitrogen and oxygen atoms in total. The monoisotopic (exact) mass is 216 g/mol. The van der Waals surface area contributed by atoms with E-state index in [4.69, 9.17) is 0 Å². The van der Waals surface area contributed by atoms with E-state index in [1.54, 1.807) is 6.20 Å². The zero-order valence-corrected chi connectivity index (χ0v) is 9.21. The normalized spacial score (nSPS) is 10.5. The van der Waals surface area contributed by atoms with Crippen LogP contribution < -0.4 is 5.32 Å². The molecule has 0 spiro atoms. The topological polar surface area (TPSA) is 42.7 Å². The highest BCUT2D eigenvalue weighted by molar-refractivity contribution is 5.14. The summed E-state index contributed by atoms with van der Waals surface area (Å²) in [7, 11) is 0. The van der Waals surface area contributed by atoms with E-state index in [0.717, 1.165) is 26.1 Å². The van der Waals surface area contributed by atoms with Crippen LogP contribution in [0.25, 0.3) is 0 Å². The molecule has 2 aromatic rings. The first kappa shape index (κ1) is 10.8. The summed E-state index contributed by atoms with van der Waals surface area (Å²) in [5.74, 6) is 0. The zero-order chi connectivity index (χ0) is 11.1. The van der Waals surface area contributed by atoms with Crippen LogP contribution >= 0.6 is 0 Å². The zero-order valence-electron chi connectivity index (χ0n) is 9.21. The van der Waals surface area contributed by atoms with Crippen LogP contribution in [0.2, 0.25) is 0 Å². The summed E-state index contributed by atoms with van der Waals surface area (Å²) in [6, 6.07) is 10.5. The molecule has 0 atom stereocenters. The highest BCUT2D eigenvalue weighted by atomic mass is 15.4. The number of hydrogen-bond acceptors (Lipinski definition) is 3. The minimum Gasteiger partial charge on any atom is -0.315 e. The highest BCUT2D eigenvalue weighted by Crippen LogP contribution is 1.97. The molecular weight excluding hydrogens is 200 g/mol. The first-order valence-corrected chi connectivity index (χ1v) is 5.54. The maximum absolute atomic E-state index is 3.90. The Hall–Kier alpha value is -1.68. The fraction of sp³-hybridized carbons (Fsp3) is 0.333. The lowest BCUT2D eigenvalue weighted by atomic mass is 10.1. The minimum absolute atomic E-state index is 0.870. The SMILES string of the molecule is c1ccc(CCNCCn2ccnn2)cc1. The Morgan fingerprint density at radius 2 is 2.00 bits per heavy atom. The second-order valence-corrected chi connectivity index (χ2v) is 3.65. The van der Waals surface area contributed by atoms with Crippen molar-refractivity contribution in [3.05, 3.63) is 48.3 Å². The van der Waals surface area contributed by atoms with Crippen molar-refractivity contribution in [1.82, 2.24) is 20.3 Å². The van der Waals surface area contributed by atoms with E-state index in [1.165, 1.54) is 5.56 Å². The van der Waals surface area contributed by atoms with Crippen molar-refractivity contribution in [2.75, 3.05) is 13.1 Å². The Morgan fingerprint density at radius 1 is 1.12 bits per heavy atom. The van der Waals surface area contributed by atoms with Crippen molar-refractivity contribution in [3.63, 3.8) is 0 Å². The summed E-state index contributed by atoms with van der Waals surface area (Å²) in [5.41, 5.74) is 1.37. The van der Waals surface area contributed by atoms with Crippen LogP contribution in [0.15, 0.2) is 42.7 Å². The third-order valence-corrected chi connectivity index (χ3v) is 2.42. The summed E-state index contributed by atoms with van der Waals surface area (Å²) in [6.07, 6.45) is 4.64. The first-order valence-electron chi connectivity index (χ1n) is 5.54. The fourth-order valence-corrected chi connectivity index (χ4v) is 1.55. The Bertz CT molecular complexity index is 383. The molecule has 2 rings (SSSR count). The standard InChI is InChI=1S/C12H16N4/c1-2-4-12(5-3-1)6-7-13-8-10-16-11-9-14-15-16/h1-5,9,11,13H,6-8,10H2. The summed E-state index contributed by atoms with van der Waals surface area (Å²) in [5, 5.41) is 11.0. The average Bonchev–Trinajstić information content (AvgIpc) is 2.83. The van der Waals surface area contributed by atoms with Gasteiger partial charge in [-0.3, -0.25) is 4.68 Å². The van der Waals surface area contributed by atoms with Crippen LogP contribution in [0.1, 0.15) is 5.56 Å². The second-order valence-electron chi connectivity index (χ2n) is 3.65. The predicted molar refractivity (Wildman–Crippen MR) is 63.0 cm³/mol. The van der Waals surface area contributed by atoms with Crippen molar-refractivity contribution in [2.24, 2.45) is 0 Å². The van der Waals surface area contributed by atoms with Crippen LogP contribution in [-0.4, -0.2) is 28.1 Å². The summed E-state index contributed by atoms with van der Waals surface area (Å²) < 4.78 is 1.83. The van der Waals surface area contributed by atoms with Crippen LogP contribution in [-0.2, 0) is 13.0 Å². The lowest BCUT2D eigenvalue weighted by Crippen LogP contribution is -2.22. The van der Waals surface area contributed by atoms with Crippen molar-refractivity contribution in [1.29, 1.82) is 0 Å². The lowest BCUT2D eigenvalue weighted by Gasteiger charge is -2.04. The molecule has 0 aliphatic carbocycles. The van der Waals surface area contributed by atoms with Gasteiger partial charge in [0.25, 0.3) is 0 Å². The first-order chi connectivity index (χ1) is 7.95. The quantitative estimate of drug-likeness (QED) is 0.736. The molecule has 4 heteroatoms. The molecule has 0 radical (unpaired) electrons. The Kier molecular flexibility index (Phi) is 4.08. The molecule has 0 aliphatic rings. The maximum atomic E-state index is 3.90. The van der Waals surface area contributed by atoms with E-state index < -0.39 is 0 Å². The fourth-order valence-electron chi connectivity index (χ4n) is 1.55. The molecule has 0 saturated heterocycles. The Balaban J connectivity index is 1.59. The molecule has 84 valence electrons. The van der Waals surface area contributed by atoms with Crippen molar-refractivity contribution in [2.45, 2.75) is 13.0 Å². The van der Waals surface area contributed by atoms with Crippen molar-refractivity contribution >= 4 is 0 Å². The third-order valence-electron chi connectivity index (χ3n) is 2.42. The highest BCUT2D eigenvalue weighted by Gasteiger charge is 1.93. The Labute approximate surface area is 95.3 Å². The number of aromatic nitrogens is 3. The number of hydrogen-bond donors (Lipinski definition) is 1. The van der Waals surface area contributed by atoms with Gasteiger partial charge in [-0.15, -0.1) is 5.10 Å². The number of rotatable bonds is 6. The molecular formula is C12H16N4. The van der Waals surface area contributed by atoms with Crippen LogP contribution in [0.5, 0.6) is 0 Å². The van der Waals surface area contributed by atoms with Gasteiger partial charge in [-0.1, -0.05) is 35.5 Å². The number of nitrogens with zero attached hydrogens (tertiary/aromatic N) is 3.